The Morgan fingerprint density at radius 3 is 2.58 bits per heavy atom. The van der Waals surface area contributed by atoms with Crippen molar-refractivity contribution in [2.75, 3.05) is 12.4 Å². The average molecular weight is 361 g/mol. The van der Waals surface area contributed by atoms with Gasteiger partial charge in [0, 0.05) is 20.3 Å². The molecule has 2 rings (SSSR count). The number of aromatic nitrogens is 4. The summed E-state index contributed by atoms with van der Waals surface area (Å²) < 4.78 is 28.0. The van der Waals surface area contributed by atoms with Crippen molar-refractivity contribution < 1.29 is 18.4 Å². The van der Waals surface area contributed by atoms with Gasteiger partial charge in [0.05, 0.1) is 16.4 Å². The molecular formula is C13H15ClF2N6O2. The molecule has 0 aliphatic carbocycles. The third-order valence-electron chi connectivity index (χ3n) is 3.20. The zero-order valence-corrected chi connectivity index (χ0v) is 13.9. The molecule has 11 heteroatoms. The fourth-order valence-corrected chi connectivity index (χ4v) is 2.25. The summed E-state index contributed by atoms with van der Waals surface area (Å²) in [4.78, 5) is 23.8. The average Bonchev–Trinajstić information content (AvgIpc) is 3.01. The Hall–Kier alpha value is -2.49. The third kappa shape index (κ3) is 3.53. The minimum Gasteiger partial charge on any atom is -0.354 e. The van der Waals surface area contributed by atoms with Gasteiger partial charge in [-0.3, -0.25) is 19.0 Å². The van der Waals surface area contributed by atoms with E-state index in [1.54, 1.807) is 7.05 Å². The molecule has 0 atom stereocenters. The molecule has 0 aliphatic rings. The molecule has 0 radical (unpaired) electrons. The topological polar surface area (TPSA) is 93.8 Å². The van der Waals surface area contributed by atoms with Crippen molar-refractivity contribution in [2.45, 2.75) is 19.9 Å². The fourth-order valence-electron chi connectivity index (χ4n) is 2.03. The van der Waals surface area contributed by atoms with E-state index in [9.17, 15) is 18.4 Å². The van der Waals surface area contributed by atoms with E-state index in [1.165, 1.54) is 24.9 Å². The standard InChI is InChI=1S/C13H15ClF2N6O2/c1-6-9(14)11(12(15)16)20-22(6)5-8(23)18-7-4-21(3)19-10(7)13(24)17-2/h4,12H,5H2,1-3H3,(H,17,24)(H,18,23). The SMILES string of the molecule is CNC(=O)c1nn(C)cc1NC(=O)Cn1nc(C(F)F)c(Cl)c1C. The molecule has 0 fully saturated rings. The quantitative estimate of drug-likeness (QED) is 0.845. The number of rotatable bonds is 5. The van der Waals surface area contributed by atoms with Gasteiger partial charge in [-0.2, -0.15) is 10.2 Å². The second-order valence-corrected chi connectivity index (χ2v) is 5.31. The summed E-state index contributed by atoms with van der Waals surface area (Å²) in [6.45, 7) is 1.15. The first-order chi connectivity index (χ1) is 11.2. The molecule has 2 aromatic heterocycles. The lowest BCUT2D eigenvalue weighted by Crippen LogP contribution is -2.24. The van der Waals surface area contributed by atoms with Crippen LogP contribution in [0.15, 0.2) is 6.20 Å². The number of hydrogen-bond donors (Lipinski definition) is 2. The molecule has 0 aliphatic heterocycles. The highest BCUT2D eigenvalue weighted by atomic mass is 35.5. The molecule has 130 valence electrons. The van der Waals surface area contributed by atoms with Gasteiger partial charge in [0.2, 0.25) is 5.91 Å². The van der Waals surface area contributed by atoms with Gasteiger partial charge in [0.15, 0.2) is 5.69 Å². The van der Waals surface area contributed by atoms with E-state index < -0.39 is 23.9 Å². The zero-order valence-electron chi connectivity index (χ0n) is 13.1. The summed E-state index contributed by atoms with van der Waals surface area (Å²) in [5, 5.41) is 12.3. The number of hydrogen-bond acceptors (Lipinski definition) is 4. The minimum atomic E-state index is -2.83. The van der Waals surface area contributed by atoms with E-state index in [0.29, 0.717) is 0 Å². The maximum Gasteiger partial charge on any atom is 0.283 e. The first-order valence-corrected chi connectivity index (χ1v) is 7.18. The van der Waals surface area contributed by atoms with Gasteiger partial charge in [-0.25, -0.2) is 8.78 Å². The van der Waals surface area contributed by atoms with Crippen LogP contribution in [0.3, 0.4) is 0 Å². The van der Waals surface area contributed by atoms with Crippen LogP contribution < -0.4 is 10.6 Å². The van der Waals surface area contributed by atoms with E-state index in [4.69, 9.17) is 11.6 Å². The molecule has 2 heterocycles. The molecule has 0 spiro atoms. The van der Waals surface area contributed by atoms with Crippen LogP contribution in [0.5, 0.6) is 0 Å². The van der Waals surface area contributed by atoms with Gasteiger partial charge in [-0.15, -0.1) is 0 Å². The van der Waals surface area contributed by atoms with Crippen LogP contribution in [-0.2, 0) is 18.4 Å². The number of amides is 2. The normalized spacial score (nSPS) is 11.0. The van der Waals surface area contributed by atoms with Gasteiger partial charge < -0.3 is 10.6 Å². The highest BCUT2D eigenvalue weighted by Gasteiger charge is 2.22. The van der Waals surface area contributed by atoms with E-state index in [-0.39, 0.29) is 28.6 Å². The smallest absolute Gasteiger partial charge is 0.283 e. The first kappa shape index (κ1) is 17.9. The number of nitrogens with zero attached hydrogens (tertiary/aromatic N) is 4. The predicted octanol–water partition coefficient (Wildman–Crippen LogP) is 1.51. The Balaban J connectivity index is 2.18. The number of halogens is 3. The van der Waals surface area contributed by atoms with Crippen molar-refractivity contribution in [1.29, 1.82) is 0 Å². The molecule has 8 nitrogen and oxygen atoms in total. The highest BCUT2D eigenvalue weighted by Crippen LogP contribution is 2.28. The molecule has 0 saturated carbocycles. The van der Waals surface area contributed by atoms with E-state index in [1.807, 2.05) is 0 Å². The number of aryl methyl sites for hydroxylation is 1. The zero-order chi connectivity index (χ0) is 18.0. The lowest BCUT2D eigenvalue weighted by molar-refractivity contribution is -0.117. The van der Waals surface area contributed by atoms with Crippen LogP contribution in [0.25, 0.3) is 0 Å². The van der Waals surface area contributed by atoms with Gasteiger partial charge in [0.1, 0.15) is 12.2 Å². The van der Waals surface area contributed by atoms with Crippen LogP contribution in [0, 0.1) is 6.92 Å². The molecule has 0 unspecified atom stereocenters. The maximum atomic E-state index is 12.8. The summed E-state index contributed by atoms with van der Waals surface area (Å²) >= 11 is 5.78. The number of nitrogens with one attached hydrogen (secondary N) is 2. The monoisotopic (exact) mass is 360 g/mol. The second kappa shape index (κ2) is 6.95. The van der Waals surface area contributed by atoms with Crippen molar-refractivity contribution in [3.8, 4) is 0 Å². The lowest BCUT2D eigenvalue weighted by Gasteiger charge is -2.06. The van der Waals surface area contributed by atoms with Crippen molar-refractivity contribution >= 4 is 29.1 Å². The number of carbonyl (C=O) groups excluding carboxylic acids is 2. The highest BCUT2D eigenvalue weighted by molar-refractivity contribution is 6.31. The Morgan fingerprint density at radius 1 is 1.38 bits per heavy atom. The predicted molar refractivity (Wildman–Crippen MR) is 82.2 cm³/mol. The van der Waals surface area contributed by atoms with Crippen LogP contribution in [0.2, 0.25) is 5.02 Å². The summed E-state index contributed by atoms with van der Waals surface area (Å²) in [6.07, 6.45) is -1.38. The second-order valence-electron chi connectivity index (χ2n) is 4.94. The molecule has 2 amide bonds. The van der Waals surface area contributed by atoms with Crippen molar-refractivity contribution in [1.82, 2.24) is 24.9 Å². The molecule has 2 aromatic rings. The van der Waals surface area contributed by atoms with E-state index in [0.717, 1.165) is 4.68 Å². The Bertz CT molecular complexity index is 786. The number of anilines is 1. The Kier molecular flexibility index (Phi) is 5.17. The van der Waals surface area contributed by atoms with Crippen LogP contribution in [0.4, 0.5) is 14.5 Å². The molecule has 0 saturated heterocycles. The largest absolute Gasteiger partial charge is 0.354 e. The minimum absolute atomic E-state index is 0.0387. The Morgan fingerprint density at radius 2 is 2.04 bits per heavy atom. The molecule has 0 bridgehead atoms. The van der Waals surface area contributed by atoms with Gasteiger partial charge in [-0.1, -0.05) is 11.6 Å². The molecule has 24 heavy (non-hydrogen) atoms. The lowest BCUT2D eigenvalue weighted by atomic mass is 10.3. The third-order valence-corrected chi connectivity index (χ3v) is 3.67. The molecular weight excluding hydrogens is 346 g/mol. The van der Waals surface area contributed by atoms with Gasteiger partial charge in [-0.05, 0) is 6.92 Å². The van der Waals surface area contributed by atoms with Crippen molar-refractivity contribution in [3.05, 3.63) is 28.3 Å². The van der Waals surface area contributed by atoms with Crippen molar-refractivity contribution in [2.24, 2.45) is 7.05 Å². The van der Waals surface area contributed by atoms with Crippen LogP contribution in [0.1, 0.15) is 28.3 Å². The van der Waals surface area contributed by atoms with E-state index in [2.05, 4.69) is 20.8 Å². The maximum absolute atomic E-state index is 12.8. The number of alkyl halides is 2. The summed E-state index contributed by atoms with van der Waals surface area (Å²) in [5.74, 6) is -1.03. The fraction of sp³-hybridized carbons (Fsp3) is 0.385. The Labute approximate surface area is 140 Å². The van der Waals surface area contributed by atoms with E-state index >= 15 is 0 Å². The molecule has 2 N–H and O–H groups in total. The summed E-state index contributed by atoms with van der Waals surface area (Å²) in [5.41, 5.74) is -0.0853. The number of carbonyl (C=O) groups is 2. The first-order valence-electron chi connectivity index (χ1n) is 6.81. The van der Waals surface area contributed by atoms with Gasteiger partial charge in [0.25, 0.3) is 12.3 Å². The van der Waals surface area contributed by atoms with Crippen LogP contribution >= 0.6 is 11.6 Å². The summed E-state index contributed by atoms with van der Waals surface area (Å²) in [6, 6.07) is 0. The van der Waals surface area contributed by atoms with Crippen LogP contribution in [-0.4, -0.2) is 38.4 Å². The summed E-state index contributed by atoms with van der Waals surface area (Å²) in [7, 11) is 3.03. The van der Waals surface area contributed by atoms with Gasteiger partial charge >= 0.3 is 0 Å². The molecule has 0 aromatic carbocycles. The van der Waals surface area contributed by atoms with Crippen molar-refractivity contribution in [3.63, 3.8) is 0 Å².